The molecule has 1 heterocycles. The van der Waals surface area contributed by atoms with E-state index in [9.17, 15) is 4.79 Å². The Bertz CT molecular complexity index is 201. The number of hydrogen-bond acceptors (Lipinski definition) is 2. The predicted molar refractivity (Wildman–Crippen MR) is 53.5 cm³/mol. The zero-order valence-electron chi connectivity index (χ0n) is 9.05. The first-order chi connectivity index (χ1) is 5.97. The third kappa shape index (κ3) is 2.21. The molecule has 1 atom stereocenters. The van der Waals surface area contributed by atoms with Crippen molar-refractivity contribution in [2.24, 2.45) is 0 Å². The van der Waals surface area contributed by atoms with Crippen LogP contribution in [0.25, 0.3) is 0 Å². The molecule has 0 radical (unpaired) electrons. The maximum Gasteiger partial charge on any atom is 0.234 e. The van der Waals surface area contributed by atoms with Gasteiger partial charge in [0.25, 0.3) is 0 Å². The normalized spacial score (nSPS) is 25.4. The Kier molecular flexibility index (Phi) is 2.96. The zero-order valence-corrected chi connectivity index (χ0v) is 9.05. The summed E-state index contributed by atoms with van der Waals surface area (Å²) >= 11 is 0. The van der Waals surface area contributed by atoms with Crippen molar-refractivity contribution < 1.29 is 4.79 Å². The van der Waals surface area contributed by atoms with Crippen LogP contribution in [0, 0.1) is 0 Å². The topological polar surface area (TPSA) is 32.3 Å². The largest absolute Gasteiger partial charge is 0.353 e. The van der Waals surface area contributed by atoms with Crippen LogP contribution in [0.5, 0.6) is 0 Å². The Morgan fingerprint density at radius 1 is 1.62 bits per heavy atom. The van der Waals surface area contributed by atoms with Crippen LogP contribution < -0.4 is 5.32 Å². The Labute approximate surface area is 80.5 Å². The molecule has 1 amide bonds. The fourth-order valence-electron chi connectivity index (χ4n) is 1.81. The van der Waals surface area contributed by atoms with Crippen molar-refractivity contribution in [1.82, 2.24) is 10.2 Å². The molecule has 76 valence electrons. The monoisotopic (exact) mass is 184 g/mol. The summed E-state index contributed by atoms with van der Waals surface area (Å²) in [6, 6.07) is 0.487. The molecule has 3 heteroatoms. The molecule has 1 saturated heterocycles. The van der Waals surface area contributed by atoms with E-state index in [4.69, 9.17) is 0 Å². The molecule has 1 aliphatic heterocycles. The van der Waals surface area contributed by atoms with Gasteiger partial charge < -0.3 is 5.32 Å². The molecule has 1 fully saturated rings. The summed E-state index contributed by atoms with van der Waals surface area (Å²) in [7, 11) is 0. The lowest BCUT2D eigenvalue weighted by Gasteiger charge is -2.45. The highest BCUT2D eigenvalue weighted by atomic mass is 16.2. The van der Waals surface area contributed by atoms with Gasteiger partial charge in [0.05, 0.1) is 6.54 Å². The van der Waals surface area contributed by atoms with Gasteiger partial charge in [0.2, 0.25) is 5.91 Å². The van der Waals surface area contributed by atoms with Crippen molar-refractivity contribution in [2.75, 3.05) is 13.1 Å². The third-order valence-corrected chi connectivity index (χ3v) is 2.93. The van der Waals surface area contributed by atoms with E-state index in [1.165, 1.54) is 0 Å². The summed E-state index contributed by atoms with van der Waals surface area (Å²) in [5.41, 5.74) is 0.101. The van der Waals surface area contributed by atoms with E-state index in [1.807, 2.05) is 0 Å². The molecule has 0 spiro atoms. The molecule has 0 aromatic rings. The standard InChI is InChI=1S/C10H20N2O/c1-5-8(2)12-6-9(13)11-7-10(12,3)4/h8H,5-7H2,1-4H3,(H,11,13). The molecule has 1 aliphatic rings. The highest BCUT2D eigenvalue weighted by Gasteiger charge is 2.35. The fraction of sp³-hybridized carbons (Fsp3) is 0.900. The van der Waals surface area contributed by atoms with E-state index in [-0.39, 0.29) is 11.4 Å². The number of hydrogen-bond donors (Lipinski definition) is 1. The quantitative estimate of drug-likeness (QED) is 0.694. The SMILES string of the molecule is CCC(C)N1CC(=O)NCC1(C)C. The van der Waals surface area contributed by atoms with Gasteiger partial charge in [-0.2, -0.15) is 0 Å². The Morgan fingerprint density at radius 3 is 2.77 bits per heavy atom. The molecular formula is C10H20N2O. The van der Waals surface area contributed by atoms with E-state index >= 15 is 0 Å². The van der Waals surface area contributed by atoms with E-state index in [0.29, 0.717) is 12.6 Å². The molecule has 3 nitrogen and oxygen atoms in total. The Hall–Kier alpha value is -0.570. The van der Waals surface area contributed by atoms with Gasteiger partial charge in [-0.3, -0.25) is 9.69 Å². The minimum atomic E-state index is 0.101. The van der Waals surface area contributed by atoms with Crippen LogP contribution in [0.1, 0.15) is 34.1 Å². The van der Waals surface area contributed by atoms with Gasteiger partial charge in [0.1, 0.15) is 0 Å². The minimum Gasteiger partial charge on any atom is -0.353 e. The van der Waals surface area contributed by atoms with Crippen molar-refractivity contribution in [2.45, 2.75) is 45.7 Å². The van der Waals surface area contributed by atoms with Crippen LogP contribution in [0.2, 0.25) is 0 Å². The molecule has 0 aromatic carbocycles. The summed E-state index contributed by atoms with van der Waals surface area (Å²) in [6.07, 6.45) is 1.09. The van der Waals surface area contributed by atoms with Gasteiger partial charge in [-0.05, 0) is 27.2 Å². The van der Waals surface area contributed by atoms with Crippen LogP contribution in [0.4, 0.5) is 0 Å². The first-order valence-electron chi connectivity index (χ1n) is 5.01. The zero-order chi connectivity index (χ0) is 10.1. The van der Waals surface area contributed by atoms with Crippen molar-refractivity contribution in [3.05, 3.63) is 0 Å². The van der Waals surface area contributed by atoms with Gasteiger partial charge in [-0.25, -0.2) is 0 Å². The summed E-state index contributed by atoms with van der Waals surface area (Å²) in [4.78, 5) is 13.5. The van der Waals surface area contributed by atoms with Crippen molar-refractivity contribution in [1.29, 1.82) is 0 Å². The summed E-state index contributed by atoms with van der Waals surface area (Å²) < 4.78 is 0. The van der Waals surface area contributed by atoms with Crippen LogP contribution in [-0.2, 0) is 4.79 Å². The predicted octanol–water partition coefficient (Wildman–Crippen LogP) is 0.995. The highest BCUT2D eigenvalue weighted by molar-refractivity contribution is 5.79. The number of piperazine rings is 1. The highest BCUT2D eigenvalue weighted by Crippen LogP contribution is 2.20. The number of carbonyl (C=O) groups is 1. The average molecular weight is 184 g/mol. The smallest absolute Gasteiger partial charge is 0.234 e. The van der Waals surface area contributed by atoms with Gasteiger partial charge in [-0.15, -0.1) is 0 Å². The van der Waals surface area contributed by atoms with Crippen LogP contribution >= 0.6 is 0 Å². The van der Waals surface area contributed by atoms with Crippen LogP contribution in [0.3, 0.4) is 0 Å². The lowest BCUT2D eigenvalue weighted by molar-refractivity contribution is -0.129. The minimum absolute atomic E-state index is 0.101. The number of carbonyl (C=O) groups excluding carboxylic acids is 1. The van der Waals surface area contributed by atoms with E-state index in [0.717, 1.165) is 13.0 Å². The number of amides is 1. The molecule has 1 unspecified atom stereocenters. The first-order valence-corrected chi connectivity index (χ1v) is 5.01. The van der Waals surface area contributed by atoms with Crippen molar-refractivity contribution in [3.8, 4) is 0 Å². The Morgan fingerprint density at radius 2 is 2.23 bits per heavy atom. The first kappa shape index (κ1) is 10.5. The molecule has 1 N–H and O–H groups in total. The second kappa shape index (κ2) is 3.66. The molecule has 1 rings (SSSR count). The van der Waals surface area contributed by atoms with Crippen molar-refractivity contribution in [3.63, 3.8) is 0 Å². The molecule has 0 bridgehead atoms. The molecular weight excluding hydrogens is 164 g/mol. The number of nitrogens with one attached hydrogen (secondary N) is 1. The lowest BCUT2D eigenvalue weighted by Crippen LogP contribution is -2.62. The second-order valence-corrected chi connectivity index (χ2v) is 4.47. The number of rotatable bonds is 2. The fourth-order valence-corrected chi connectivity index (χ4v) is 1.81. The number of nitrogens with zero attached hydrogens (tertiary/aromatic N) is 1. The Balaban J connectivity index is 2.71. The summed E-state index contributed by atoms with van der Waals surface area (Å²) in [6.45, 7) is 10.0. The summed E-state index contributed by atoms with van der Waals surface area (Å²) in [5, 5.41) is 2.90. The molecule has 0 aromatic heterocycles. The summed E-state index contributed by atoms with van der Waals surface area (Å²) in [5.74, 6) is 0.152. The third-order valence-electron chi connectivity index (χ3n) is 2.93. The lowest BCUT2D eigenvalue weighted by atomic mass is 9.97. The van der Waals surface area contributed by atoms with Gasteiger partial charge in [0.15, 0.2) is 0 Å². The van der Waals surface area contributed by atoms with Gasteiger partial charge >= 0.3 is 0 Å². The van der Waals surface area contributed by atoms with E-state index in [2.05, 4.69) is 37.9 Å². The molecule has 13 heavy (non-hydrogen) atoms. The van der Waals surface area contributed by atoms with Gasteiger partial charge in [-0.1, -0.05) is 6.92 Å². The van der Waals surface area contributed by atoms with Crippen LogP contribution in [0.15, 0.2) is 0 Å². The van der Waals surface area contributed by atoms with Crippen molar-refractivity contribution >= 4 is 5.91 Å². The molecule has 0 aliphatic carbocycles. The van der Waals surface area contributed by atoms with Crippen LogP contribution in [-0.4, -0.2) is 35.5 Å². The average Bonchev–Trinajstić information content (AvgIpc) is 2.08. The second-order valence-electron chi connectivity index (χ2n) is 4.47. The van der Waals surface area contributed by atoms with E-state index in [1.54, 1.807) is 0 Å². The molecule has 0 saturated carbocycles. The van der Waals surface area contributed by atoms with Gasteiger partial charge in [0, 0.05) is 18.1 Å². The van der Waals surface area contributed by atoms with E-state index < -0.39 is 0 Å². The maximum absolute atomic E-state index is 11.2. The maximum atomic E-state index is 11.2.